The van der Waals surface area contributed by atoms with Gasteiger partial charge in [-0.25, -0.2) is 15.0 Å². The van der Waals surface area contributed by atoms with E-state index in [0.29, 0.717) is 17.5 Å². The van der Waals surface area contributed by atoms with Crippen molar-refractivity contribution in [1.29, 1.82) is 0 Å². The number of aromatic nitrogens is 4. The second-order valence-corrected chi connectivity index (χ2v) is 15.6. The SMILES string of the molecule is c1ccc2cc(-c3nc(-c4cc(-n5c6cc7ccccc7cc6c6cc7ccccc7cc65)c5c(c4)oc4ccccc45)nc(-c4cccc5ccccc45)n3)ccc2c1. The van der Waals surface area contributed by atoms with Crippen molar-refractivity contribution in [2.75, 3.05) is 0 Å². The van der Waals surface area contributed by atoms with Gasteiger partial charge in [-0.15, -0.1) is 0 Å². The van der Waals surface area contributed by atoms with Gasteiger partial charge in [0.05, 0.1) is 22.1 Å². The molecule has 3 aromatic heterocycles. The van der Waals surface area contributed by atoms with Crippen LogP contribution >= 0.6 is 0 Å². The summed E-state index contributed by atoms with van der Waals surface area (Å²) < 4.78 is 9.19. The Morgan fingerprint density at radius 2 is 0.867 bits per heavy atom. The third kappa shape index (κ3) is 5.03. The highest BCUT2D eigenvalue weighted by Crippen LogP contribution is 2.43. The van der Waals surface area contributed by atoms with Gasteiger partial charge in [0.1, 0.15) is 11.2 Å². The number of benzene rings is 10. The van der Waals surface area contributed by atoms with Crippen LogP contribution in [0.5, 0.6) is 0 Å². The first kappa shape index (κ1) is 32.9. The molecule has 0 N–H and O–H groups in total. The lowest BCUT2D eigenvalue weighted by atomic mass is 10.0. The van der Waals surface area contributed by atoms with E-state index in [1.165, 1.54) is 32.3 Å². The number of fused-ring (bicyclic) bond motifs is 10. The fourth-order valence-electron chi connectivity index (χ4n) is 9.29. The van der Waals surface area contributed by atoms with Crippen molar-refractivity contribution >= 4 is 86.8 Å². The molecule has 13 rings (SSSR count). The lowest BCUT2D eigenvalue weighted by Gasteiger charge is -2.14. The first-order chi connectivity index (χ1) is 29.7. The Morgan fingerprint density at radius 3 is 1.57 bits per heavy atom. The van der Waals surface area contributed by atoms with E-state index in [2.05, 4.69) is 187 Å². The van der Waals surface area contributed by atoms with Crippen LogP contribution < -0.4 is 0 Å². The maximum atomic E-state index is 6.77. The number of hydrogen-bond donors (Lipinski definition) is 0. The summed E-state index contributed by atoms with van der Waals surface area (Å²) in [7, 11) is 0. The van der Waals surface area contributed by atoms with Crippen LogP contribution in [0.4, 0.5) is 0 Å². The smallest absolute Gasteiger partial charge is 0.164 e. The minimum atomic E-state index is 0.566. The zero-order chi connectivity index (χ0) is 39.3. The second kappa shape index (κ2) is 12.7. The summed E-state index contributed by atoms with van der Waals surface area (Å²) in [6.45, 7) is 0. The molecule has 278 valence electrons. The van der Waals surface area contributed by atoms with Gasteiger partial charge in [-0.3, -0.25) is 0 Å². The normalized spacial score (nSPS) is 12.0. The fourth-order valence-corrected chi connectivity index (χ4v) is 9.29. The molecule has 0 aliphatic rings. The van der Waals surface area contributed by atoms with Gasteiger partial charge in [0.15, 0.2) is 17.5 Å². The third-order valence-corrected chi connectivity index (χ3v) is 12.1. The molecule has 0 atom stereocenters. The molecule has 0 fully saturated rings. The van der Waals surface area contributed by atoms with Crippen LogP contribution in [0.25, 0.3) is 127 Å². The molecule has 0 bridgehead atoms. The van der Waals surface area contributed by atoms with Crippen LogP contribution in [-0.4, -0.2) is 19.5 Å². The number of nitrogens with zero attached hydrogens (tertiary/aromatic N) is 4. The molecule has 0 unspecified atom stereocenters. The number of para-hydroxylation sites is 1. The molecule has 0 radical (unpaired) electrons. The van der Waals surface area contributed by atoms with Gasteiger partial charge in [0.25, 0.3) is 0 Å². The summed E-state index contributed by atoms with van der Waals surface area (Å²) in [5, 5.41) is 13.7. The van der Waals surface area contributed by atoms with Crippen molar-refractivity contribution < 1.29 is 4.42 Å². The van der Waals surface area contributed by atoms with E-state index in [-0.39, 0.29) is 0 Å². The molecule has 0 aliphatic heterocycles. The summed E-state index contributed by atoms with van der Waals surface area (Å²) in [5.41, 5.74) is 7.52. The van der Waals surface area contributed by atoms with E-state index >= 15 is 0 Å². The summed E-state index contributed by atoms with van der Waals surface area (Å²) in [4.78, 5) is 15.8. The predicted octanol–water partition coefficient (Wildman–Crippen LogP) is 14.5. The van der Waals surface area contributed by atoms with Gasteiger partial charge < -0.3 is 8.98 Å². The number of rotatable bonds is 4. The highest BCUT2D eigenvalue weighted by atomic mass is 16.3. The van der Waals surface area contributed by atoms with Gasteiger partial charge in [0, 0.05) is 32.8 Å². The van der Waals surface area contributed by atoms with E-state index in [0.717, 1.165) is 76.9 Å². The van der Waals surface area contributed by atoms with E-state index in [9.17, 15) is 0 Å². The van der Waals surface area contributed by atoms with Gasteiger partial charge in [0.2, 0.25) is 0 Å². The van der Waals surface area contributed by atoms with Crippen LogP contribution in [0.15, 0.2) is 199 Å². The Labute approximate surface area is 343 Å². The molecule has 13 aromatic rings. The summed E-state index contributed by atoms with van der Waals surface area (Å²) in [6.07, 6.45) is 0. The van der Waals surface area contributed by atoms with Crippen LogP contribution in [0.1, 0.15) is 0 Å². The molecule has 3 heterocycles. The zero-order valence-electron chi connectivity index (χ0n) is 32.2. The Bertz CT molecular complexity index is 3820. The molecule has 0 amide bonds. The highest BCUT2D eigenvalue weighted by molar-refractivity contribution is 6.19. The molecule has 0 spiro atoms. The van der Waals surface area contributed by atoms with Crippen LogP contribution in [0.3, 0.4) is 0 Å². The molecule has 0 saturated heterocycles. The first-order valence-electron chi connectivity index (χ1n) is 20.3. The molecule has 0 aliphatic carbocycles. The average Bonchev–Trinajstić information content (AvgIpc) is 3.84. The van der Waals surface area contributed by atoms with Crippen molar-refractivity contribution in [1.82, 2.24) is 19.5 Å². The van der Waals surface area contributed by atoms with Gasteiger partial charge in [-0.05, 0) is 91.6 Å². The van der Waals surface area contributed by atoms with Crippen LogP contribution in [-0.2, 0) is 0 Å². The lowest BCUT2D eigenvalue weighted by Crippen LogP contribution is -2.02. The van der Waals surface area contributed by atoms with Crippen molar-refractivity contribution in [3.05, 3.63) is 194 Å². The third-order valence-electron chi connectivity index (χ3n) is 12.1. The van der Waals surface area contributed by atoms with E-state index in [1.54, 1.807) is 0 Å². The topological polar surface area (TPSA) is 56.7 Å². The average molecular weight is 765 g/mol. The van der Waals surface area contributed by atoms with E-state index in [4.69, 9.17) is 19.4 Å². The van der Waals surface area contributed by atoms with Gasteiger partial charge in [-0.2, -0.15) is 0 Å². The van der Waals surface area contributed by atoms with Gasteiger partial charge in [-0.1, -0.05) is 146 Å². The highest BCUT2D eigenvalue weighted by Gasteiger charge is 2.23. The Kier molecular flexibility index (Phi) is 6.95. The zero-order valence-corrected chi connectivity index (χ0v) is 32.2. The summed E-state index contributed by atoms with van der Waals surface area (Å²) in [5.74, 6) is 1.78. The molecule has 5 heteroatoms. The Balaban J connectivity index is 1.15. The standard InChI is InChI=1S/C55H32N4O/c1-2-14-35-26-40(25-24-33(35)12-1)53-56-54(58-55(57-53)43-22-11-19-34-13-7-8-20-42(34)43)41-31-49(52-44-21-9-10-23-50(44)60-51(52)32-41)59-47-29-38-17-5-3-15-36(38)27-45(47)46-28-37-16-4-6-18-39(37)30-48(46)59/h1-32H. The fraction of sp³-hybridized carbons (Fsp3) is 0. The molecule has 0 saturated carbocycles. The maximum absolute atomic E-state index is 6.77. The van der Waals surface area contributed by atoms with E-state index < -0.39 is 0 Å². The maximum Gasteiger partial charge on any atom is 0.164 e. The second-order valence-electron chi connectivity index (χ2n) is 15.6. The largest absolute Gasteiger partial charge is 0.456 e. The minimum absolute atomic E-state index is 0.566. The molecule has 5 nitrogen and oxygen atoms in total. The van der Waals surface area contributed by atoms with Crippen molar-refractivity contribution in [2.24, 2.45) is 0 Å². The van der Waals surface area contributed by atoms with Crippen LogP contribution in [0.2, 0.25) is 0 Å². The van der Waals surface area contributed by atoms with Crippen LogP contribution in [0, 0.1) is 0 Å². The lowest BCUT2D eigenvalue weighted by molar-refractivity contribution is 0.669. The van der Waals surface area contributed by atoms with Crippen molar-refractivity contribution in [2.45, 2.75) is 0 Å². The molecule has 10 aromatic carbocycles. The summed E-state index contributed by atoms with van der Waals surface area (Å²) >= 11 is 0. The van der Waals surface area contributed by atoms with Gasteiger partial charge >= 0.3 is 0 Å². The van der Waals surface area contributed by atoms with Crippen molar-refractivity contribution in [3.63, 3.8) is 0 Å². The molecule has 60 heavy (non-hydrogen) atoms. The first-order valence-corrected chi connectivity index (χ1v) is 20.3. The van der Waals surface area contributed by atoms with E-state index in [1.807, 2.05) is 12.1 Å². The number of hydrogen-bond acceptors (Lipinski definition) is 4. The predicted molar refractivity (Wildman–Crippen MR) is 248 cm³/mol. The minimum Gasteiger partial charge on any atom is -0.456 e. The Hall–Kier alpha value is -8.15. The number of furan rings is 1. The molecular formula is C55H32N4O. The van der Waals surface area contributed by atoms with Crippen molar-refractivity contribution in [3.8, 4) is 39.9 Å². The Morgan fingerprint density at radius 1 is 0.333 bits per heavy atom. The molecular weight excluding hydrogens is 733 g/mol. The monoisotopic (exact) mass is 764 g/mol. The quantitative estimate of drug-likeness (QED) is 0.179. The summed E-state index contributed by atoms with van der Waals surface area (Å²) in [6, 6.07) is 68.7.